The number of benzene rings is 2. The summed E-state index contributed by atoms with van der Waals surface area (Å²) in [5, 5.41) is 3.51. The number of furan rings is 1. The van der Waals surface area contributed by atoms with E-state index < -0.39 is 0 Å². The van der Waals surface area contributed by atoms with E-state index in [2.05, 4.69) is 5.32 Å². The number of ether oxygens (including phenoxy) is 1. The average Bonchev–Trinajstić information content (AvgIpc) is 3.47. The van der Waals surface area contributed by atoms with Crippen LogP contribution in [0.5, 0.6) is 5.75 Å². The second-order valence-electron chi connectivity index (χ2n) is 7.57. The molecule has 2 aromatic carbocycles. The number of hydrogen-bond acceptors (Lipinski definition) is 4. The smallest absolute Gasteiger partial charge is 0.261 e. The summed E-state index contributed by atoms with van der Waals surface area (Å²) in [6, 6.07) is 12.7. The number of hydrogen-bond donors (Lipinski definition) is 1. The van der Waals surface area contributed by atoms with Gasteiger partial charge in [0.15, 0.2) is 0 Å². The first kappa shape index (κ1) is 20.2. The lowest BCUT2D eigenvalue weighted by atomic mass is 10.1. The van der Waals surface area contributed by atoms with Crippen molar-refractivity contribution in [3.8, 4) is 5.75 Å². The van der Waals surface area contributed by atoms with Crippen LogP contribution in [0.4, 0.5) is 11.4 Å². The van der Waals surface area contributed by atoms with Gasteiger partial charge in [-0.2, -0.15) is 0 Å². The van der Waals surface area contributed by atoms with Gasteiger partial charge in [0.2, 0.25) is 5.91 Å². The van der Waals surface area contributed by atoms with Gasteiger partial charge in [-0.25, -0.2) is 0 Å². The number of rotatable bonds is 4. The van der Waals surface area contributed by atoms with E-state index in [-0.39, 0.29) is 11.8 Å². The first-order valence-corrected chi connectivity index (χ1v) is 10.5. The largest absolute Gasteiger partial charge is 0.488 e. The van der Waals surface area contributed by atoms with Crippen molar-refractivity contribution in [1.29, 1.82) is 0 Å². The lowest BCUT2D eigenvalue weighted by molar-refractivity contribution is -0.111. The number of fused-ring (bicyclic) bond motifs is 2. The van der Waals surface area contributed by atoms with Crippen molar-refractivity contribution in [2.24, 2.45) is 0 Å². The second kappa shape index (κ2) is 8.40. The van der Waals surface area contributed by atoms with Gasteiger partial charge < -0.3 is 19.4 Å². The maximum absolute atomic E-state index is 12.6. The van der Waals surface area contributed by atoms with Gasteiger partial charge in [0.25, 0.3) is 5.91 Å². The molecule has 0 bridgehead atoms. The SMILES string of the molecule is O=C(/C=C/C1=Cc2cc(Cl)ccc2OC1)Nc1ccc2c(c1)CCN2C(=O)c1ccoc1. The average molecular weight is 447 g/mol. The monoisotopic (exact) mass is 446 g/mol. The van der Waals surface area contributed by atoms with Crippen molar-refractivity contribution in [1.82, 2.24) is 0 Å². The highest BCUT2D eigenvalue weighted by atomic mass is 35.5. The summed E-state index contributed by atoms with van der Waals surface area (Å²) in [6.07, 6.45) is 8.83. The highest BCUT2D eigenvalue weighted by Gasteiger charge is 2.26. The van der Waals surface area contributed by atoms with Gasteiger partial charge in [-0.3, -0.25) is 9.59 Å². The molecule has 32 heavy (non-hydrogen) atoms. The first-order valence-electron chi connectivity index (χ1n) is 10.2. The van der Waals surface area contributed by atoms with E-state index >= 15 is 0 Å². The molecule has 2 aliphatic rings. The molecule has 0 atom stereocenters. The molecule has 0 saturated heterocycles. The summed E-state index contributed by atoms with van der Waals surface area (Å²) < 4.78 is 10.7. The Balaban J connectivity index is 1.25. The molecule has 5 rings (SSSR count). The van der Waals surface area contributed by atoms with E-state index in [0.717, 1.165) is 34.6 Å². The van der Waals surface area contributed by atoms with Crippen LogP contribution in [0.2, 0.25) is 5.02 Å². The van der Waals surface area contributed by atoms with Crippen molar-refractivity contribution in [3.05, 3.63) is 94.4 Å². The van der Waals surface area contributed by atoms with E-state index in [1.807, 2.05) is 30.3 Å². The number of nitrogens with one attached hydrogen (secondary N) is 1. The summed E-state index contributed by atoms with van der Waals surface area (Å²) in [5.74, 6) is 0.435. The van der Waals surface area contributed by atoms with E-state index in [4.69, 9.17) is 20.8 Å². The molecule has 2 aliphatic heterocycles. The third-order valence-electron chi connectivity index (χ3n) is 5.41. The molecular formula is C25H19ClN2O4. The number of carbonyl (C=O) groups is 2. The number of halogens is 1. The van der Waals surface area contributed by atoms with Crippen LogP contribution in [-0.4, -0.2) is 25.0 Å². The zero-order valence-corrected chi connectivity index (χ0v) is 17.8. The normalized spacial score (nSPS) is 14.5. The van der Waals surface area contributed by atoms with Crippen LogP contribution in [0, 0.1) is 0 Å². The van der Waals surface area contributed by atoms with Crippen molar-refractivity contribution in [3.63, 3.8) is 0 Å². The van der Waals surface area contributed by atoms with Crippen molar-refractivity contribution in [2.75, 3.05) is 23.4 Å². The molecule has 1 aromatic heterocycles. The zero-order chi connectivity index (χ0) is 22.1. The van der Waals surface area contributed by atoms with Gasteiger partial charge in [-0.1, -0.05) is 17.7 Å². The Morgan fingerprint density at radius 2 is 2.03 bits per heavy atom. The van der Waals surface area contributed by atoms with Gasteiger partial charge >= 0.3 is 0 Å². The highest BCUT2D eigenvalue weighted by molar-refractivity contribution is 6.30. The predicted octanol–water partition coefficient (Wildman–Crippen LogP) is 5.11. The molecule has 2 amide bonds. The molecule has 3 aromatic rings. The summed E-state index contributed by atoms with van der Waals surface area (Å²) in [4.78, 5) is 26.8. The quantitative estimate of drug-likeness (QED) is 0.565. The molecule has 160 valence electrons. The Hall–Kier alpha value is -3.77. The Morgan fingerprint density at radius 1 is 1.12 bits per heavy atom. The summed E-state index contributed by atoms with van der Waals surface area (Å²) in [5.41, 5.74) is 4.83. The number of anilines is 2. The molecule has 1 N–H and O–H groups in total. The Morgan fingerprint density at radius 3 is 2.88 bits per heavy atom. The van der Waals surface area contributed by atoms with E-state index in [1.54, 1.807) is 29.2 Å². The Bertz CT molecular complexity index is 1260. The molecule has 0 unspecified atom stereocenters. The maximum atomic E-state index is 12.6. The topological polar surface area (TPSA) is 71.8 Å². The van der Waals surface area contributed by atoms with E-state index in [9.17, 15) is 9.59 Å². The minimum Gasteiger partial charge on any atom is -0.488 e. The number of carbonyl (C=O) groups excluding carboxylic acids is 2. The van der Waals surface area contributed by atoms with E-state index in [1.165, 1.54) is 18.6 Å². The molecule has 6 nitrogen and oxygen atoms in total. The van der Waals surface area contributed by atoms with Gasteiger partial charge in [-0.15, -0.1) is 0 Å². The lowest BCUT2D eigenvalue weighted by Gasteiger charge is -2.16. The standard InChI is InChI=1S/C25H19ClN2O4/c26-20-2-5-23-19(12-20)11-16(14-32-23)1-6-24(29)27-21-3-4-22-17(13-21)7-9-28(22)25(30)18-8-10-31-15-18/h1-6,8,10-13,15H,7,9,14H2,(H,27,29)/b6-1+. The maximum Gasteiger partial charge on any atom is 0.261 e. The van der Waals surface area contributed by atoms with Crippen LogP contribution in [0.25, 0.3) is 6.08 Å². The fraction of sp³-hybridized carbons (Fsp3) is 0.120. The molecule has 3 heterocycles. The third kappa shape index (κ3) is 4.05. The molecule has 0 spiro atoms. The molecule has 0 radical (unpaired) electrons. The summed E-state index contributed by atoms with van der Waals surface area (Å²) in [6.45, 7) is 0.980. The van der Waals surface area contributed by atoms with Gasteiger partial charge in [0.1, 0.15) is 18.6 Å². The minimum absolute atomic E-state index is 0.0944. The molecule has 0 saturated carbocycles. The van der Waals surface area contributed by atoms with Crippen LogP contribution in [0.15, 0.2) is 77.1 Å². The fourth-order valence-electron chi connectivity index (χ4n) is 3.86. The molecular weight excluding hydrogens is 428 g/mol. The van der Waals surface area contributed by atoms with Crippen LogP contribution >= 0.6 is 11.6 Å². The lowest BCUT2D eigenvalue weighted by Crippen LogP contribution is -2.28. The fourth-order valence-corrected chi connectivity index (χ4v) is 4.04. The van der Waals surface area contributed by atoms with Gasteiger partial charge in [0.05, 0.1) is 11.8 Å². The Kier molecular flexibility index (Phi) is 5.29. The van der Waals surface area contributed by atoms with Crippen molar-refractivity contribution < 1.29 is 18.7 Å². The van der Waals surface area contributed by atoms with Crippen LogP contribution < -0.4 is 15.0 Å². The van der Waals surface area contributed by atoms with Crippen LogP contribution in [0.3, 0.4) is 0 Å². The van der Waals surface area contributed by atoms with Gasteiger partial charge in [0, 0.05) is 34.6 Å². The third-order valence-corrected chi connectivity index (χ3v) is 5.65. The number of nitrogens with zero attached hydrogens (tertiary/aromatic N) is 1. The summed E-state index contributed by atoms with van der Waals surface area (Å²) in [7, 11) is 0. The molecule has 0 fully saturated rings. The first-order chi connectivity index (χ1) is 15.6. The Labute approximate surface area is 189 Å². The zero-order valence-electron chi connectivity index (χ0n) is 17.0. The molecule has 7 heteroatoms. The van der Waals surface area contributed by atoms with Crippen LogP contribution in [-0.2, 0) is 11.2 Å². The van der Waals surface area contributed by atoms with Crippen LogP contribution in [0.1, 0.15) is 21.5 Å². The number of amides is 2. The highest BCUT2D eigenvalue weighted by Crippen LogP contribution is 2.32. The minimum atomic E-state index is -0.243. The van der Waals surface area contributed by atoms with Crippen molar-refractivity contribution in [2.45, 2.75) is 6.42 Å². The second-order valence-corrected chi connectivity index (χ2v) is 8.01. The molecule has 0 aliphatic carbocycles. The summed E-state index contributed by atoms with van der Waals surface area (Å²) >= 11 is 6.04. The van der Waals surface area contributed by atoms with Crippen molar-refractivity contribution >= 4 is 40.9 Å². The predicted molar refractivity (Wildman–Crippen MR) is 123 cm³/mol. The van der Waals surface area contributed by atoms with Gasteiger partial charge in [-0.05, 0) is 66.1 Å². The van der Waals surface area contributed by atoms with E-state index in [0.29, 0.717) is 29.4 Å².